The Bertz CT molecular complexity index is 516. The van der Waals surface area contributed by atoms with Gasteiger partial charge in [0.25, 0.3) is 0 Å². The SMILES string of the molecule is CC(=NC1CCS(=O)(=O)C1)c1cc[nH]c1N. The Morgan fingerprint density at radius 3 is 2.88 bits per heavy atom. The highest BCUT2D eigenvalue weighted by Crippen LogP contribution is 2.17. The molecule has 1 saturated heterocycles. The van der Waals surface area contributed by atoms with Crippen molar-refractivity contribution >= 4 is 21.4 Å². The molecule has 2 rings (SSSR count). The molecule has 1 aromatic heterocycles. The van der Waals surface area contributed by atoms with Crippen molar-refractivity contribution < 1.29 is 8.42 Å². The number of aliphatic imine (C=N–C) groups is 1. The number of H-pyrrole nitrogens is 1. The zero-order valence-electron chi connectivity index (χ0n) is 9.10. The van der Waals surface area contributed by atoms with Gasteiger partial charge in [-0.2, -0.15) is 0 Å². The number of hydrogen-bond acceptors (Lipinski definition) is 4. The van der Waals surface area contributed by atoms with Crippen molar-refractivity contribution in [2.75, 3.05) is 17.2 Å². The van der Waals surface area contributed by atoms with Gasteiger partial charge in [0.2, 0.25) is 0 Å². The van der Waals surface area contributed by atoms with Crippen molar-refractivity contribution in [2.24, 2.45) is 4.99 Å². The highest BCUT2D eigenvalue weighted by molar-refractivity contribution is 7.91. The van der Waals surface area contributed by atoms with Crippen LogP contribution in [-0.2, 0) is 9.84 Å². The van der Waals surface area contributed by atoms with E-state index < -0.39 is 9.84 Å². The van der Waals surface area contributed by atoms with Crippen molar-refractivity contribution in [1.29, 1.82) is 0 Å². The number of hydrogen-bond donors (Lipinski definition) is 2. The molecule has 1 aromatic rings. The molecule has 3 N–H and O–H groups in total. The van der Waals surface area contributed by atoms with Crippen molar-refractivity contribution in [3.05, 3.63) is 17.8 Å². The number of nitrogens with two attached hydrogens (primary N) is 1. The molecule has 16 heavy (non-hydrogen) atoms. The van der Waals surface area contributed by atoms with Crippen LogP contribution in [0, 0.1) is 0 Å². The summed E-state index contributed by atoms with van der Waals surface area (Å²) in [5, 5.41) is 0. The monoisotopic (exact) mass is 241 g/mol. The van der Waals surface area contributed by atoms with Crippen LogP contribution < -0.4 is 5.73 Å². The van der Waals surface area contributed by atoms with Gasteiger partial charge in [0.1, 0.15) is 5.82 Å². The Morgan fingerprint density at radius 2 is 2.38 bits per heavy atom. The molecule has 0 aliphatic carbocycles. The predicted molar refractivity (Wildman–Crippen MR) is 64.5 cm³/mol. The van der Waals surface area contributed by atoms with E-state index in [0.29, 0.717) is 12.2 Å². The molecule has 0 amide bonds. The summed E-state index contributed by atoms with van der Waals surface area (Å²) < 4.78 is 22.6. The number of nitrogen functional groups attached to an aromatic ring is 1. The Hall–Kier alpha value is -1.30. The molecule has 1 aliphatic heterocycles. The quantitative estimate of drug-likeness (QED) is 0.743. The lowest BCUT2D eigenvalue weighted by Gasteiger charge is -2.04. The van der Waals surface area contributed by atoms with E-state index in [1.807, 2.05) is 13.0 Å². The van der Waals surface area contributed by atoms with Gasteiger partial charge in [-0.05, 0) is 19.4 Å². The van der Waals surface area contributed by atoms with Gasteiger partial charge >= 0.3 is 0 Å². The summed E-state index contributed by atoms with van der Waals surface area (Å²) in [5.41, 5.74) is 7.36. The summed E-state index contributed by atoms with van der Waals surface area (Å²) in [6.07, 6.45) is 2.36. The number of sulfone groups is 1. The standard InChI is InChI=1S/C10H15N3O2S/c1-7(9-2-4-12-10(9)11)13-8-3-5-16(14,15)6-8/h2,4,8,12H,3,5-6,11H2,1H3. The van der Waals surface area contributed by atoms with Crippen LogP contribution in [0.4, 0.5) is 5.82 Å². The summed E-state index contributed by atoms with van der Waals surface area (Å²) in [5.74, 6) is 0.980. The molecule has 1 atom stereocenters. The molecular weight excluding hydrogens is 226 g/mol. The van der Waals surface area contributed by atoms with Gasteiger partial charge < -0.3 is 10.7 Å². The summed E-state index contributed by atoms with van der Waals surface area (Å²) in [6.45, 7) is 1.85. The second-order valence-corrected chi connectivity index (χ2v) is 6.31. The first-order valence-electron chi connectivity index (χ1n) is 5.16. The van der Waals surface area contributed by atoms with Crippen LogP contribution >= 0.6 is 0 Å². The fourth-order valence-electron chi connectivity index (χ4n) is 1.92. The minimum absolute atomic E-state index is 0.112. The van der Waals surface area contributed by atoms with E-state index in [4.69, 9.17) is 5.73 Å². The third-order valence-electron chi connectivity index (χ3n) is 2.75. The number of rotatable bonds is 2. The van der Waals surface area contributed by atoms with E-state index >= 15 is 0 Å². The van der Waals surface area contributed by atoms with E-state index in [-0.39, 0.29) is 17.5 Å². The highest BCUT2D eigenvalue weighted by atomic mass is 32.2. The van der Waals surface area contributed by atoms with Gasteiger partial charge in [-0.3, -0.25) is 4.99 Å². The van der Waals surface area contributed by atoms with Crippen LogP contribution in [0.2, 0.25) is 0 Å². The van der Waals surface area contributed by atoms with E-state index in [1.54, 1.807) is 6.20 Å². The average Bonchev–Trinajstić information content (AvgIpc) is 2.72. The number of anilines is 1. The molecule has 0 bridgehead atoms. The van der Waals surface area contributed by atoms with E-state index in [0.717, 1.165) is 11.3 Å². The Kier molecular flexibility index (Phi) is 2.75. The van der Waals surface area contributed by atoms with E-state index in [2.05, 4.69) is 9.98 Å². The molecule has 5 nitrogen and oxygen atoms in total. The second kappa shape index (κ2) is 3.93. The average molecular weight is 241 g/mol. The Balaban J connectivity index is 2.17. The molecule has 1 fully saturated rings. The number of aromatic amines is 1. The van der Waals surface area contributed by atoms with Crippen LogP contribution in [0.25, 0.3) is 0 Å². The molecule has 0 spiro atoms. The lowest BCUT2D eigenvalue weighted by molar-refractivity contribution is 0.601. The topological polar surface area (TPSA) is 88.3 Å². The molecule has 0 radical (unpaired) electrons. The number of nitrogens with zero attached hydrogens (tertiary/aromatic N) is 1. The van der Waals surface area contributed by atoms with Crippen LogP contribution in [0.15, 0.2) is 17.3 Å². The van der Waals surface area contributed by atoms with Crippen molar-refractivity contribution in [2.45, 2.75) is 19.4 Å². The lowest BCUT2D eigenvalue weighted by Crippen LogP contribution is -2.10. The second-order valence-electron chi connectivity index (χ2n) is 4.08. The molecule has 2 heterocycles. The van der Waals surface area contributed by atoms with Gasteiger partial charge in [-0.15, -0.1) is 0 Å². The Morgan fingerprint density at radius 1 is 1.62 bits per heavy atom. The predicted octanol–water partition coefficient (Wildman–Crippen LogP) is 0.593. The van der Waals surface area contributed by atoms with Gasteiger partial charge in [0.15, 0.2) is 9.84 Å². The minimum Gasteiger partial charge on any atom is -0.385 e. The highest BCUT2D eigenvalue weighted by Gasteiger charge is 2.27. The lowest BCUT2D eigenvalue weighted by atomic mass is 10.2. The summed E-state index contributed by atoms with van der Waals surface area (Å²) >= 11 is 0. The van der Waals surface area contributed by atoms with E-state index in [1.165, 1.54) is 0 Å². The third kappa shape index (κ3) is 2.27. The normalized spacial score (nSPS) is 24.8. The zero-order valence-corrected chi connectivity index (χ0v) is 9.92. The van der Waals surface area contributed by atoms with Crippen molar-refractivity contribution in [1.82, 2.24) is 4.98 Å². The van der Waals surface area contributed by atoms with Crippen LogP contribution in [0.3, 0.4) is 0 Å². The first kappa shape index (κ1) is 11.2. The smallest absolute Gasteiger partial charge is 0.152 e. The molecule has 0 aromatic carbocycles. The first-order chi connectivity index (χ1) is 7.48. The van der Waals surface area contributed by atoms with Gasteiger partial charge in [-0.1, -0.05) is 0 Å². The largest absolute Gasteiger partial charge is 0.385 e. The van der Waals surface area contributed by atoms with Crippen molar-refractivity contribution in [3.63, 3.8) is 0 Å². The van der Waals surface area contributed by atoms with E-state index in [9.17, 15) is 8.42 Å². The van der Waals surface area contributed by atoms with Gasteiger partial charge in [0, 0.05) is 17.5 Å². The minimum atomic E-state index is -2.87. The fourth-order valence-corrected chi connectivity index (χ4v) is 3.54. The molecule has 6 heteroatoms. The molecule has 1 aliphatic rings. The van der Waals surface area contributed by atoms with Gasteiger partial charge in [0.05, 0.1) is 17.5 Å². The molecule has 88 valence electrons. The van der Waals surface area contributed by atoms with Crippen LogP contribution in [-0.4, -0.2) is 36.7 Å². The zero-order chi connectivity index (χ0) is 11.8. The summed E-state index contributed by atoms with van der Waals surface area (Å²) in [7, 11) is -2.87. The maximum atomic E-state index is 11.3. The number of nitrogens with one attached hydrogen (secondary N) is 1. The molecule has 0 saturated carbocycles. The summed E-state index contributed by atoms with van der Waals surface area (Å²) in [6, 6.07) is 1.73. The van der Waals surface area contributed by atoms with Crippen LogP contribution in [0.1, 0.15) is 18.9 Å². The third-order valence-corrected chi connectivity index (χ3v) is 4.50. The molecular formula is C10H15N3O2S. The van der Waals surface area contributed by atoms with Crippen LogP contribution in [0.5, 0.6) is 0 Å². The molecule has 1 unspecified atom stereocenters. The van der Waals surface area contributed by atoms with Crippen molar-refractivity contribution in [3.8, 4) is 0 Å². The summed E-state index contributed by atoms with van der Waals surface area (Å²) in [4.78, 5) is 7.28. The maximum Gasteiger partial charge on any atom is 0.152 e. The fraction of sp³-hybridized carbons (Fsp3) is 0.500. The maximum absolute atomic E-state index is 11.3. The Labute approximate surface area is 94.7 Å². The first-order valence-corrected chi connectivity index (χ1v) is 6.98. The van der Waals surface area contributed by atoms with Gasteiger partial charge in [-0.25, -0.2) is 8.42 Å². The number of aromatic nitrogens is 1.